The number of alkyl carbamates (subject to hydrolysis) is 1. The lowest BCUT2D eigenvalue weighted by molar-refractivity contribution is -0.131. The summed E-state index contributed by atoms with van der Waals surface area (Å²) in [6.45, 7) is 10.5. The van der Waals surface area contributed by atoms with Crippen LogP contribution in [0.25, 0.3) is 0 Å². The number of hydrogen-bond donors (Lipinski definition) is 1. The van der Waals surface area contributed by atoms with Gasteiger partial charge in [0.05, 0.1) is 6.04 Å². The molecule has 1 rings (SSSR count). The van der Waals surface area contributed by atoms with Gasteiger partial charge in [0.15, 0.2) is 0 Å². The molecule has 0 aromatic heterocycles. The summed E-state index contributed by atoms with van der Waals surface area (Å²) in [5, 5.41) is 2.84. The van der Waals surface area contributed by atoms with E-state index in [1.54, 1.807) is 11.8 Å². The lowest BCUT2D eigenvalue weighted by Gasteiger charge is -2.36. The molecule has 104 valence electrons. The van der Waals surface area contributed by atoms with Gasteiger partial charge in [0, 0.05) is 20.0 Å². The van der Waals surface area contributed by atoms with Crippen LogP contribution in [0.3, 0.4) is 0 Å². The fraction of sp³-hybridized carbons (Fsp3) is 0.846. The third-order valence-electron chi connectivity index (χ3n) is 2.83. The molecule has 2 atom stereocenters. The van der Waals surface area contributed by atoms with E-state index in [9.17, 15) is 9.59 Å². The maximum atomic E-state index is 11.7. The Bertz CT molecular complexity index is 323. The van der Waals surface area contributed by atoms with E-state index in [2.05, 4.69) is 12.2 Å². The van der Waals surface area contributed by atoms with Gasteiger partial charge in [-0.05, 0) is 33.1 Å². The first-order valence-corrected chi connectivity index (χ1v) is 6.42. The second kappa shape index (κ2) is 5.59. The minimum atomic E-state index is -0.495. The van der Waals surface area contributed by atoms with Gasteiger partial charge in [0.25, 0.3) is 0 Å². The highest BCUT2D eigenvalue weighted by molar-refractivity contribution is 5.73. The molecule has 18 heavy (non-hydrogen) atoms. The number of piperidine rings is 1. The second-order valence-electron chi connectivity index (χ2n) is 6.11. The molecule has 0 bridgehead atoms. The molecular weight excluding hydrogens is 232 g/mol. The molecule has 0 aliphatic carbocycles. The summed E-state index contributed by atoms with van der Waals surface area (Å²) in [7, 11) is 0. The van der Waals surface area contributed by atoms with Crippen molar-refractivity contribution in [2.75, 3.05) is 13.1 Å². The lowest BCUT2D eigenvalue weighted by Crippen LogP contribution is -2.52. The van der Waals surface area contributed by atoms with Crippen molar-refractivity contribution >= 4 is 12.0 Å². The van der Waals surface area contributed by atoms with Crippen LogP contribution in [0.15, 0.2) is 0 Å². The number of nitrogens with one attached hydrogen (secondary N) is 1. The van der Waals surface area contributed by atoms with Gasteiger partial charge < -0.3 is 15.0 Å². The monoisotopic (exact) mass is 256 g/mol. The minimum absolute atomic E-state index is 0.0208. The Morgan fingerprint density at radius 3 is 2.39 bits per heavy atom. The van der Waals surface area contributed by atoms with E-state index in [0.29, 0.717) is 12.5 Å². The summed E-state index contributed by atoms with van der Waals surface area (Å²) in [6.07, 6.45) is 0.466. The zero-order valence-corrected chi connectivity index (χ0v) is 11.9. The van der Waals surface area contributed by atoms with Crippen molar-refractivity contribution in [3.63, 3.8) is 0 Å². The second-order valence-corrected chi connectivity index (χ2v) is 6.11. The molecule has 1 aliphatic rings. The van der Waals surface area contributed by atoms with Crippen LogP contribution >= 0.6 is 0 Å². The van der Waals surface area contributed by atoms with E-state index in [-0.39, 0.29) is 11.9 Å². The largest absolute Gasteiger partial charge is 0.444 e. The van der Waals surface area contributed by atoms with Gasteiger partial charge in [-0.25, -0.2) is 4.79 Å². The van der Waals surface area contributed by atoms with Crippen LogP contribution in [-0.2, 0) is 9.53 Å². The number of likely N-dealkylation sites (tertiary alicyclic amines) is 1. The zero-order chi connectivity index (χ0) is 13.9. The summed E-state index contributed by atoms with van der Waals surface area (Å²) in [4.78, 5) is 24.8. The standard InChI is InChI=1S/C13H24N2O3/c1-9-6-11(8-15(7-9)10(2)16)14-12(17)18-13(3,4)5/h9,11H,6-8H2,1-5H3,(H,14,17)/t9-,11-/m1/s1. The molecule has 1 heterocycles. The van der Waals surface area contributed by atoms with Crippen molar-refractivity contribution in [3.05, 3.63) is 0 Å². The Kier molecular flexibility index (Phi) is 4.59. The number of amides is 2. The van der Waals surface area contributed by atoms with Crippen LogP contribution in [0.4, 0.5) is 4.79 Å². The number of carbonyl (C=O) groups excluding carboxylic acids is 2. The van der Waals surface area contributed by atoms with Crippen molar-refractivity contribution in [2.24, 2.45) is 5.92 Å². The van der Waals surface area contributed by atoms with Gasteiger partial charge in [-0.2, -0.15) is 0 Å². The average molecular weight is 256 g/mol. The van der Waals surface area contributed by atoms with Crippen LogP contribution in [0.5, 0.6) is 0 Å². The zero-order valence-electron chi connectivity index (χ0n) is 11.9. The lowest BCUT2D eigenvalue weighted by atomic mass is 9.96. The molecule has 5 heteroatoms. The van der Waals surface area contributed by atoms with Crippen molar-refractivity contribution < 1.29 is 14.3 Å². The van der Waals surface area contributed by atoms with Gasteiger partial charge in [0.1, 0.15) is 5.60 Å². The fourth-order valence-corrected chi connectivity index (χ4v) is 2.19. The van der Waals surface area contributed by atoms with E-state index in [0.717, 1.165) is 13.0 Å². The highest BCUT2D eigenvalue weighted by Gasteiger charge is 2.28. The summed E-state index contributed by atoms with van der Waals surface area (Å²) in [6, 6.07) is -0.0208. The molecular formula is C13H24N2O3. The van der Waals surface area contributed by atoms with Crippen LogP contribution in [0, 0.1) is 5.92 Å². The third-order valence-corrected chi connectivity index (χ3v) is 2.83. The smallest absolute Gasteiger partial charge is 0.407 e. The molecule has 1 fully saturated rings. The summed E-state index contributed by atoms with van der Waals surface area (Å²) < 4.78 is 5.22. The van der Waals surface area contributed by atoms with Gasteiger partial charge in [-0.1, -0.05) is 6.92 Å². The Morgan fingerprint density at radius 2 is 1.89 bits per heavy atom. The molecule has 2 amide bonds. The Balaban J connectivity index is 2.51. The van der Waals surface area contributed by atoms with Crippen molar-refractivity contribution in [1.82, 2.24) is 10.2 Å². The average Bonchev–Trinajstić information content (AvgIpc) is 2.12. The maximum absolute atomic E-state index is 11.7. The van der Waals surface area contributed by atoms with Crippen LogP contribution in [-0.4, -0.2) is 41.6 Å². The number of ether oxygens (including phenoxy) is 1. The Labute approximate surface area is 109 Å². The molecule has 1 saturated heterocycles. The van der Waals surface area contributed by atoms with Crippen LogP contribution in [0.1, 0.15) is 41.0 Å². The molecule has 0 unspecified atom stereocenters. The molecule has 0 aromatic rings. The van der Waals surface area contributed by atoms with Gasteiger partial charge in [0.2, 0.25) is 5.91 Å². The van der Waals surface area contributed by atoms with Crippen molar-refractivity contribution in [2.45, 2.75) is 52.7 Å². The van der Waals surface area contributed by atoms with Crippen molar-refractivity contribution in [1.29, 1.82) is 0 Å². The number of nitrogens with zero attached hydrogens (tertiary/aromatic N) is 1. The normalized spacial score (nSPS) is 24.6. The predicted molar refractivity (Wildman–Crippen MR) is 69.2 cm³/mol. The SMILES string of the molecule is CC(=O)N1C[C@H](C)C[C@@H](NC(=O)OC(C)(C)C)C1. The molecule has 0 saturated carbocycles. The molecule has 1 aliphatic heterocycles. The maximum Gasteiger partial charge on any atom is 0.407 e. The topological polar surface area (TPSA) is 58.6 Å². The van der Waals surface area contributed by atoms with Gasteiger partial charge in [-0.15, -0.1) is 0 Å². The van der Waals surface area contributed by atoms with Crippen molar-refractivity contribution in [3.8, 4) is 0 Å². The molecule has 0 aromatic carbocycles. The minimum Gasteiger partial charge on any atom is -0.444 e. The first kappa shape index (κ1) is 14.8. The fourth-order valence-electron chi connectivity index (χ4n) is 2.19. The quantitative estimate of drug-likeness (QED) is 0.778. The summed E-state index contributed by atoms with van der Waals surface area (Å²) in [5.41, 5.74) is -0.495. The van der Waals surface area contributed by atoms with Crippen LogP contribution in [0.2, 0.25) is 0 Å². The molecule has 1 N–H and O–H groups in total. The predicted octanol–water partition coefficient (Wildman–Crippen LogP) is 1.77. The summed E-state index contributed by atoms with van der Waals surface area (Å²) in [5.74, 6) is 0.445. The van der Waals surface area contributed by atoms with Gasteiger partial charge >= 0.3 is 6.09 Å². The number of hydrogen-bond acceptors (Lipinski definition) is 3. The Morgan fingerprint density at radius 1 is 1.28 bits per heavy atom. The van der Waals surface area contributed by atoms with Gasteiger partial charge in [-0.3, -0.25) is 4.79 Å². The highest BCUT2D eigenvalue weighted by Crippen LogP contribution is 2.17. The van der Waals surface area contributed by atoms with E-state index in [1.807, 2.05) is 20.8 Å². The molecule has 5 nitrogen and oxygen atoms in total. The summed E-state index contributed by atoms with van der Waals surface area (Å²) >= 11 is 0. The first-order chi connectivity index (χ1) is 8.17. The van der Waals surface area contributed by atoms with Crippen LogP contribution < -0.4 is 5.32 Å². The van der Waals surface area contributed by atoms with E-state index in [4.69, 9.17) is 4.74 Å². The van der Waals surface area contributed by atoms with E-state index in [1.165, 1.54) is 0 Å². The van der Waals surface area contributed by atoms with E-state index < -0.39 is 11.7 Å². The molecule has 0 spiro atoms. The van der Waals surface area contributed by atoms with E-state index >= 15 is 0 Å². The first-order valence-electron chi connectivity index (χ1n) is 6.42. The number of rotatable bonds is 1. The third kappa shape index (κ3) is 4.94. The highest BCUT2D eigenvalue weighted by atomic mass is 16.6. The Hall–Kier alpha value is -1.26. The molecule has 0 radical (unpaired) electrons. The number of carbonyl (C=O) groups is 2.